The highest BCUT2D eigenvalue weighted by molar-refractivity contribution is 7.13. The fourth-order valence-corrected chi connectivity index (χ4v) is 2.88. The number of nitrogens with one attached hydrogen (secondary N) is 1. The summed E-state index contributed by atoms with van der Waals surface area (Å²) in [6.45, 7) is 1.23. The highest BCUT2D eigenvalue weighted by Crippen LogP contribution is 2.25. The Bertz CT molecular complexity index is 939. The van der Waals surface area contributed by atoms with Crippen LogP contribution in [-0.4, -0.2) is 45.8 Å². The molecule has 0 unspecified atom stereocenters. The number of benzene rings is 1. The van der Waals surface area contributed by atoms with Crippen molar-refractivity contribution in [3.05, 3.63) is 41.3 Å². The number of ether oxygens (including phenoxy) is 2. The van der Waals surface area contributed by atoms with Crippen molar-refractivity contribution < 1.29 is 19.1 Å². The van der Waals surface area contributed by atoms with Crippen LogP contribution in [0, 0.1) is 6.92 Å². The maximum atomic E-state index is 12.0. The minimum atomic E-state index is -0.642. The van der Waals surface area contributed by atoms with Gasteiger partial charge in [-0.3, -0.25) is 4.79 Å². The summed E-state index contributed by atoms with van der Waals surface area (Å²) in [5.74, 6) is -0.162. The number of thiophene rings is 1. The van der Waals surface area contributed by atoms with Crippen molar-refractivity contribution in [1.82, 2.24) is 20.2 Å². The van der Waals surface area contributed by atoms with Crippen molar-refractivity contribution in [3.8, 4) is 16.5 Å². The molecule has 3 aromatic rings. The molecule has 2 aromatic heterocycles. The largest absolute Gasteiger partial charge is 0.495 e. The molecule has 0 saturated heterocycles. The normalized spacial score (nSPS) is 10.4. The van der Waals surface area contributed by atoms with Gasteiger partial charge < -0.3 is 14.8 Å². The van der Waals surface area contributed by atoms with Gasteiger partial charge in [-0.2, -0.15) is 4.80 Å². The molecule has 3 rings (SSSR count). The first-order valence-corrected chi connectivity index (χ1v) is 8.85. The highest BCUT2D eigenvalue weighted by Gasteiger charge is 2.13. The van der Waals surface area contributed by atoms with E-state index in [1.165, 1.54) is 18.4 Å². The maximum Gasteiger partial charge on any atom is 0.330 e. The van der Waals surface area contributed by atoms with Gasteiger partial charge in [-0.05, 0) is 41.3 Å². The second-order valence-electron chi connectivity index (χ2n) is 5.53. The SMILES string of the molecule is COc1ccc(C)cc1NC(=O)COC(=O)Cn1nnc(-c2cccs2)n1. The number of carbonyl (C=O) groups is 2. The molecular weight excluding hydrogens is 370 g/mol. The standard InChI is InChI=1S/C17H17N5O4S/c1-11-5-6-13(25-2)12(8-11)18-15(23)10-26-16(24)9-22-20-17(19-21-22)14-4-3-7-27-14/h3-8H,9-10H2,1-2H3,(H,18,23). The Morgan fingerprint density at radius 1 is 1.30 bits per heavy atom. The number of aromatic nitrogens is 4. The Balaban J connectivity index is 1.50. The lowest BCUT2D eigenvalue weighted by molar-refractivity contribution is -0.148. The van der Waals surface area contributed by atoms with E-state index in [2.05, 4.69) is 20.7 Å². The van der Waals surface area contributed by atoms with Gasteiger partial charge in [0.15, 0.2) is 13.2 Å². The van der Waals surface area contributed by atoms with Crippen LogP contribution in [0.15, 0.2) is 35.7 Å². The molecule has 0 radical (unpaired) electrons. The molecule has 0 aliphatic carbocycles. The Labute approximate surface area is 158 Å². The van der Waals surface area contributed by atoms with Crippen molar-refractivity contribution in [2.75, 3.05) is 19.0 Å². The van der Waals surface area contributed by atoms with Gasteiger partial charge in [0, 0.05) is 0 Å². The van der Waals surface area contributed by atoms with Crippen LogP contribution in [0.25, 0.3) is 10.7 Å². The first kappa shape index (κ1) is 18.5. The van der Waals surface area contributed by atoms with Crippen molar-refractivity contribution in [1.29, 1.82) is 0 Å². The number of methoxy groups -OCH3 is 1. The average molecular weight is 387 g/mol. The molecule has 2 heterocycles. The monoisotopic (exact) mass is 387 g/mol. The van der Waals surface area contributed by atoms with E-state index in [0.717, 1.165) is 15.2 Å². The summed E-state index contributed by atoms with van der Waals surface area (Å²) in [6, 6.07) is 9.11. The minimum Gasteiger partial charge on any atom is -0.495 e. The third-order valence-electron chi connectivity index (χ3n) is 3.46. The number of rotatable bonds is 7. The number of carbonyl (C=O) groups excluding carboxylic acids is 2. The Morgan fingerprint density at radius 2 is 2.15 bits per heavy atom. The number of hydrogen-bond donors (Lipinski definition) is 1. The summed E-state index contributed by atoms with van der Waals surface area (Å²) in [5.41, 5.74) is 1.47. The first-order valence-electron chi connectivity index (χ1n) is 7.97. The van der Waals surface area contributed by atoms with E-state index in [1.54, 1.807) is 12.1 Å². The molecule has 0 spiro atoms. The van der Waals surface area contributed by atoms with E-state index < -0.39 is 18.5 Å². The molecule has 0 atom stereocenters. The fraction of sp³-hybridized carbons (Fsp3) is 0.235. The molecule has 0 aliphatic heterocycles. The van der Waals surface area contributed by atoms with Gasteiger partial charge in [0.2, 0.25) is 5.82 Å². The van der Waals surface area contributed by atoms with Gasteiger partial charge in [-0.15, -0.1) is 21.5 Å². The summed E-state index contributed by atoms with van der Waals surface area (Å²) in [6.07, 6.45) is 0. The number of aryl methyl sites for hydroxylation is 1. The first-order chi connectivity index (χ1) is 13.0. The average Bonchev–Trinajstić information content (AvgIpc) is 3.32. The van der Waals surface area contributed by atoms with Crippen molar-refractivity contribution >= 4 is 28.9 Å². The molecular formula is C17H17N5O4S. The van der Waals surface area contributed by atoms with E-state index in [1.807, 2.05) is 30.5 Å². The van der Waals surface area contributed by atoms with Gasteiger partial charge in [0.05, 0.1) is 17.7 Å². The van der Waals surface area contributed by atoms with E-state index in [9.17, 15) is 9.59 Å². The summed E-state index contributed by atoms with van der Waals surface area (Å²) < 4.78 is 10.2. The molecule has 0 saturated carbocycles. The zero-order chi connectivity index (χ0) is 19.2. The molecule has 0 bridgehead atoms. The second kappa shape index (κ2) is 8.41. The predicted octanol–water partition coefficient (Wildman–Crippen LogP) is 1.90. The van der Waals surface area contributed by atoms with Crippen molar-refractivity contribution in [3.63, 3.8) is 0 Å². The molecule has 27 heavy (non-hydrogen) atoms. The molecule has 1 amide bonds. The van der Waals surface area contributed by atoms with Gasteiger partial charge in [0.25, 0.3) is 5.91 Å². The zero-order valence-electron chi connectivity index (χ0n) is 14.7. The number of hydrogen-bond acceptors (Lipinski definition) is 8. The van der Waals surface area contributed by atoms with E-state index in [0.29, 0.717) is 17.3 Å². The summed E-state index contributed by atoms with van der Waals surface area (Å²) in [7, 11) is 1.51. The maximum absolute atomic E-state index is 12.0. The lowest BCUT2D eigenvalue weighted by atomic mass is 10.2. The van der Waals surface area contributed by atoms with Crippen LogP contribution in [0.2, 0.25) is 0 Å². The Hall–Kier alpha value is -3.27. The van der Waals surface area contributed by atoms with Crippen LogP contribution in [-0.2, 0) is 20.9 Å². The third kappa shape index (κ3) is 4.88. The van der Waals surface area contributed by atoms with Gasteiger partial charge in [-0.1, -0.05) is 12.1 Å². The molecule has 1 aromatic carbocycles. The lowest BCUT2D eigenvalue weighted by Crippen LogP contribution is -2.23. The number of nitrogens with zero attached hydrogens (tertiary/aromatic N) is 4. The van der Waals surface area contributed by atoms with Crippen LogP contribution in [0.4, 0.5) is 5.69 Å². The third-order valence-corrected chi connectivity index (χ3v) is 4.32. The van der Waals surface area contributed by atoms with Crippen LogP contribution in [0.5, 0.6) is 5.75 Å². The number of tetrazole rings is 1. The van der Waals surface area contributed by atoms with Gasteiger partial charge in [-0.25, -0.2) is 4.79 Å². The number of anilines is 1. The lowest BCUT2D eigenvalue weighted by Gasteiger charge is -2.11. The van der Waals surface area contributed by atoms with Crippen LogP contribution in [0.1, 0.15) is 5.56 Å². The summed E-state index contributed by atoms with van der Waals surface area (Å²) >= 11 is 1.47. The summed E-state index contributed by atoms with van der Waals surface area (Å²) in [4.78, 5) is 25.9. The molecule has 140 valence electrons. The van der Waals surface area contributed by atoms with E-state index in [-0.39, 0.29) is 6.54 Å². The topological polar surface area (TPSA) is 108 Å². The van der Waals surface area contributed by atoms with Crippen molar-refractivity contribution in [2.45, 2.75) is 13.5 Å². The molecule has 0 fully saturated rings. The minimum absolute atomic E-state index is 0.237. The highest BCUT2D eigenvalue weighted by atomic mass is 32.1. The predicted molar refractivity (Wildman–Crippen MR) is 98.4 cm³/mol. The summed E-state index contributed by atoms with van der Waals surface area (Å²) in [5, 5.41) is 16.3. The van der Waals surface area contributed by atoms with Crippen LogP contribution >= 0.6 is 11.3 Å². The smallest absolute Gasteiger partial charge is 0.330 e. The zero-order valence-corrected chi connectivity index (χ0v) is 15.5. The van der Waals surface area contributed by atoms with E-state index >= 15 is 0 Å². The fourth-order valence-electron chi connectivity index (χ4n) is 2.23. The van der Waals surface area contributed by atoms with Gasteiger partial charge in [0.1, 0.15) is 5.75 Å². The molecule has 10 heteroatoms. The van der Waals surface area contributed by atoms with Crippen LogP contribution in [0.3, 0.4) is 0 Å². The van der Waals surface area contributed by atoms with Crippen LogP contribution < -0.4 is 10.1 Å². The van der Waals surface area contributed by atoms with Crippen molar-refractivity contribution in [2.24, 2.45) is 0 Å². The van der Waals surface area contributed by atoms with Gasteiger partial charge >= 0.3 is 5.97 Å². The molecule has 0 aliphatic rings. The molecule has 9 nitrogen and oxygen atoms in total. The number of esters is 1. The number of amides is 1. The quantitative estimate of drug-likeness (QED) is 0.617. The molecule has 1 N–H and O–H groups in total. The Morgan fingerprint density at radius 3 is 2.89 bits per heavy atom. The van der Waals surface area contributed by atoms with E-state index in [4.69, 9.17) is 9.47 Å². The Kier molecular flexibility index (Phi) is 5.77. The second-order valence-corrected chi connectivity index (χ2v) is 6.48.